The monoisotopic (exact) mass is 254 g/mol. The molecule has 1 saturated heterocycles. The Morgan fingerprint density at radius 2 is 2.00 bits per heavy atom. The number of carbonyl (C=O) groups is 2. The Labute approximate surface area is 108 Å². The minimum Gasteiger partial charge on any atom is -0.389 e. The Morgan fingerprint density at radius 1 is 1.28 bits per heavy atom. The lowest BCUT2D eigenvalue weighted by atomic mass is 9.82. The molecule has 0 aromatic carbocycles. The van der Waals surface area contributed by atoms with Gasteiger partial charge in [0, 0.05) is 26.1 Å². The van der Waals surface area contributed by atoms with Gasteiger partial charge in [0.25, 0.3) is 0 Å². The van der Waals surface area contributed by atoms with E-state index in [1.165, 1.54) is 0 Å². The van der Waals surface area contributed by atoms with Gasteiger partial charge in [-0.1, -0.05) is 19.3 Å². The van der Waals surface area contributed by atoms with E-state index in [-0.39, 0.29) is 18.2 Å². The summed E-state index contributed by atoms with van der Waals surface area (Å²) in [5, 5.41) is 13.1. The summed E-state index contributed by atoms with van der Waals surface area (Å²) in [6.45, 7) is 1.55. The van der Waals surface area contributed by atoms with Crippen LogP contribution in [0.2, 0.25) is 0 Å². The van der Waals surface area contributed by atoms with Crippen LogP contribution < -0.4 is 5.32 Å². The van der Waals surface area contributed by atoms with E-state index < -0.39 is 5.60 Å². The molecule has 0 unspecified atom stereocenters. The van der Waals surface area contributed by atoms with Gasteiger partial charge in [-0.05, 0) is 12.8 Å². The van der Waals surface area contributed by atoms with Crippen molar-refractivity contribution in [2.45, 2.75) is 50.5 Å². The zero-order valence-electron chi connectivity index (χ0n) is 10.8. The van der Waals surface area contributed by atoms with Crippen LogP contribution in [0.4, 0.5) is 0 Å². The summed E-state index contributed by atoms with van der Waals surface area (Å²) in [4.78, 5) is 25.1. The van der Waals surface area contributed by atoms with Crippen molar-refractivity contribution in [2.75, 3.05) is 19.6 Å². The fraction of sp³-hybridized carbons (Fsp3) is 0.846. The SMILES string of the molecule is O=C1CCN(C(=O)CC2(O)CCCCC2)CCN1. The van der Waals surface area contributed by atoms with Gasteiger partial charge in [0.15, 0.2) is 0 Å². The van der Waals surface area contributed by atoms with Crippen molar-refractivity contribution < 1.29 is 14.7 Å². The highest BCUT2D eigenvalue weighted by atomic mass is 16.3. The molecule has 0 aromatic heterocycles. The van der Waals surface area contributed by atoms with Gasteiger partial charge in [0.2, 0.25) is 11.8 Å². The Kier molecular flexibility index (Phi) is 4.22. The smallest absolute Gasteiger partial charge is 0.225 e. The van der Waals surface area contributed by atoms with E-state index in [1.54, 1.807) is 4.90 Å². The van der Waals surface area contributed by atoms with Crippen LogP contribution in [-0.4, -0.2) is 47.1 Å². The zero-order chi connectivity index (χ0) is 13.0. The highest BCUT2D eigenvalue weighted by Gasteiger charge is 2.33. The molecule has 0 bridgehead atoms. The van der Waals surface area contributed by atoms with Gasteiger partial charge in [-0.15, -0.1) is 0 Å². The van der Waals surface area contributed by atoms with E-state index in [0.717, 1.165) is 32.1 Å². The maximum atomic E-state index is 12.2. The summed E-state index contributed by atoms with van der Waals surface area (Å²) >= 11 is 0. The van der Waals surface area contributed by atoms with Crippen LogP contribution >= 0.6 is 0 Å². The Bertz CT molecular complexity index is 324. The van der Waals surface area contributed by atoms with Crippen molar-refractivity contribution in [1.29, 1.82) is 0 Å². The van der Waals surface area contributed by atoms with E-state index in [9.17, 15) is 14.7 Å². The number of rotatable bonds is 2. The van der Waals surface area contributed by atoms with E-state index >= 15 is 0 Å². The van der Waals surface area contributed by atoms with Crippen LogP contribution in [0, 0.1) is 0 Å². The summed E-state index contributed by atoms with van der Waals surface area (Å²) in [6.07, 6.45) is 5.19. The largest absolute Gasteiger partial charge is 0.389 e. The molecule has 2 N–H and O–H groups in total. The van der Waals surface area contributed by atoms with Gasteiger partial charge in [-0.2, -0.15) is 0 Å². The second kappa shape index (κ2) is 5.69. The second-order valence-corrected chi connectivity index (χ2v) is 5.44. The van der Waals surface area contributed by atoms with E-state index in [0.29, 0.717) is 26.1 Å². The van der Waals surface area contributed by atoms with Gasteiger partial charge >= 0.3 is 0 Å². The minimum absolute atomic E-state index is 0.00155. The summed E-state index contributed by atoms with van der Waals surface area (Å²) in [5.41, 5.74) is -0.806. The van der Waals surface area contributed by atoms with E-state index in [4.69, 9.17) is 0 Å². The Balaban J connectivity index is 1.88. The number of hydrogen-bond acceptors (Lipinski definition) is 3. The lowest BCUT2D eigenvalue weighted by Crippen LogP contribution is -2.41. The van der Waals surface area contributed by atoms with Gasteiger partial charge in [0.05, 0.1) is 12.0 Å². The molecule has 5 nitrogen and oxygen atoms in total. The molecule has 1 aliphatic heterocycles. The second-order valence-electron chi connectivity index (χ2n) is 5.44. The molecule has 0 radical (unpaired) electrons. The van der Waals surface area contributed by atoms with Crippen molar-refractivity contribution >= 4 is 11.8 Å². The first kappa shape index (κ1) is 13.3. The van der Waals surface area contributed by atoms with Crippen LogP contribution in [0.3, 0.4) is 0 Å². The topological polar surface area (TPSA) is 69.6 Å². The van der Waals surface area contributed by atoms with Crippen molar-refractivity contribution in [3.05, 3.63) is 0 Å². The summed E-state index contributed by atoms with van der Waals surface area (Å²) in [6, 6.07) is 0. The van der Waals surface area contributed by atoms with Crippen LogP contribution in [-0.2, 0) is 9.59 Å². The van der Waals surface area contributed by atoms with Crippen molar-refractivity contribution in [1.82, 2.24) is 10.2 Å². The lowest BCUT2D eigenvalue weighted by Gasteiger charge is -2.33. The fourth-order valence-electron chi connectivity index (χ4n) is 2.80. The fourth-order valence-corrected chi connectivity index (χ4v) is 2.80. The van der Waals surface area contributed by atoms with Crippen LogP contribution in [0.5, 0.6) is 0 Å². The van der Waals surface area contributed by atoms with Gasteiger partial charge in [0.1, 0.15) is 0 Å². The Hall–Kier alpha value is -1.10. The number of carbonyl (C=O) groups excluding carboxylic acids is 2. The molecule has 0 atom stereocenters. The maximum Gasteiger partial charge on any atom is 0.225 e. The first-order chi connectivity index (χ1) is 8.59. The maximum absolute atomic E-state index is 12.2. The van der Waals surface area contributed by atoms with Crippen LogP contribution in [0.15, 0.2) is 0 Å². The third-order valence-corrected chi connectivity index (χ3v) is 3.93. The molecule has 1 aliphatic carbocycles. The van der Waals surface area contributed by atoms with E-state index in [2.05, 4.69) is 5.32 Å². The average Bonchev–Trinajstić information content (AvgIpc) is 2.54. The molecule has 2 fully saturated rings. The van der Waals surface area contributed by atoms with Crippen molar-refractivity contribution in [3.8, 4) is 0 Å². The molecule has 2 rings (SSSR count). The molecule has 1 saturated carbocycles. The molecular weight excluding hydrogens is 232 g/mol. The predicted molar refractivity (Wildman–Crippen MR) is 66.9 cm³/mol. The van der Waals surface area contributed by atoms with E-state index in [1.807, 2.05) is 0 Å². The lowest BCUT2D eigenvalue weighted by molar-refractivity contribution is -0.137. The molecule has 0 spiro atoms. The average molecular weight is 254 g/mol. The van der Waals surface area contributed by atoms with Gasteiger partial charge in [-0.25, -0.2) is 0 Å². The Morgan fingerprint density at radius 3 is 2.72 bits per heavy atom. The number of nitrogens with one attached hydrogen (secondary N) is 1. The normalized spacial score (nSPS) is 24.3. The predicted octanol–water partition coefficient (Wildman–Crippen LogP) is 0.420. The van der Waals surface area contributed by atoms with Gasteiger partial charge < -0.3 is 15.3 Å². The minimum atomic E-state index is -0.806. The first-order valence-corrected chi connectivity index (χ1v) is 6.86. The molecule has 0 aromatic rings. The number of hydrogen-bond donors (Lipinski definition) is 2. The number of nitrogens with zero attached hydrogens (tertiary/aromatic N) is 1. The summed E-state index contributed by atoms with van der Waals surface area (Å²) in [5.74, 6) is -0.0161. The molecule has 1 heterocycles. The third-order valence-electron chi connectivity index (χ3n) is 3.93. The van der Waals surface area contributed by atoms with Crippen molar-refractivity contribution in [2.24, 2.45) is 0 Å². The van der Waals surface area contributed by atoms with Gasteiger partial charge in [-0.3, -0.25) is 9.59 Å². The highest BCUT2D eigenvalue weighted by molar-refractivity contribution is 5.80. The first-order valence-electron chi connectivity index (χ1n) is 6.86. The molecule has 2 amide bonds. The van der Waals surface area contributed by atoms with Crippen molar-refractivity contribution in [3.63, 3.8) is 0 Å². The molecule has 18 heavy (non-hydrogen) atoms. The number of amides is 2. The highest BCUT2D eigenvalue weighted by Crippen LogP contribution is 2.31. The summed E-state index contributed by atoms with van der Waals surface area (Å²) in [7, 11) is 0. The molecule has 5 heteroatoms. The summed E-state index contributed by atoms with van der Waals surface area (Å²) < 4.78 is 0. The molecular formula is C13H22N2O3. The quantitative estimate of drug-likeness (QED) is 0.750. The van der Waals surface area contributed by atoms with Crippen LogP contribution in [0.1, 0.15) is 44.9 Å². The van der Waals surface area contributed by atoms with Crippen LogP contribution in [0.25, 0.3) is 0 Å². The zero-order valence-corrected chi connectivity index (χ0v) is 10.8. The molecule has 102 valence electrons. The molecule has 2 aliphatic rings. The number of aliphatic hydroxyl groups is 1. The standard InChI is InChI=1S/C13H22N2O3/c16-11-4-8-15(9-7-14-11)12(17)10-13(18)5-2-1-3-6-13/h18H,1-10H2,(H,14,16). The third kappa shape index (κ3) is 3.45.